The van der Waals surface area contributed by atoms with Gasteiger partial charge in [0.05, 0.1) is 5.41 Å². The molecule has 1 aliphatic heterocycles. The molecule has 1 amide bonds. The highest BCUT2D eigenvalue weighted by Crippen LogP contribution is 2.44. The molecule has 1 aliphatic carbocycles. The van der Waals surface area contributed by atoms with Crippen LogP contribution < -0.4 is 14.8 Å². The van der Waals surface area contributed by atoms with Crippen LogP contribution in [0.15, 0.2) is 46.9 Å². The number of halogens is 1. The molecule has 1 heterocycles. The summed E-state index contributed by atoms with van der Waals surface area (Å²) in [4.78, 5) is 13.2. The van der Waals surface area contributed by atoms with Gasteiger partial charge in [0.2, 0.25) is 5.91 Å². The number of hydrogen-bond acceptors (Lipinski definition) is 3. The van der Waals surface area contributed by atoms with Crippen LogP contribution in [0, 0.1) is 0 Å². The first-order chi connectivity index (χ1) is 12.7. The van der Waals surface area contributed by atoms with Gasteiger partial charge in [-0.05, 0) is 48.2 Å². The molecule has 0 spiro atoms. The molecule has 0 unspecified atom stereocenters. The first-order valence-corrected chi connectivity index (χ1v) is 9.90. The molecule has 26 heavy (non-hydrogen) atoms. The van der Waals surface area contributed by atoms with Gasteiger partial charge >= 0.3 is 0 Å². The zero-order valence-electron chi connectivity index (χ0n) is 14.6. The van der Waals surface area contributed by atoms with E-state index in [9.17, 15) is 4.79 Å². The Kier molecular flexibility index (Phi) is 4.90. The number of rotatable bonds is 4. The Morgan fingerprint density at radius 2 is 1.69 bits per heavy atom. The van der Waals surface area contributed by atoms with Crippen LogP contribution in [0.4, 0.5) is 0 Å². The number of amides is 1. The van der Waals surface area contributed by atoms with Crippen molar-refractivity contribution in [1.29, 1.82) is 0 Å². The largest absolute Gasteiger partial charge is 0.486 e. The van der Waals surface area contributed by atoms with E-state index < -0.39 is 5.41 Å². The number of ether oxygens (including phenoxy) is 2. The quantitative estimate of drug-likeness (QED) is 0.807. The Hall–Kier alpha value is -2.01. The van der Waals surface area contributed by atoms with Crippen LogP contribution >= 0.6 is 15.9 Å². The molecule has 4 nitrogen and oxygen atoms in total. The third-order valence-corrected chi connectivity index (χ3v) is 5.88. The SMILES string of the molecule is O=C(NCc1ccc(Br)cc1)C1(c2ccc3c(c2)OCCO3)CCCC1. The van der Waals surface area contributed by atoms with E-state index in [1.807, 2.05) is 42.5 Å². The van der Waals surface area contributed by atoms with Gasteiger partial charge in [-0.2, -0.15) is 0 Å². The van der Waals surface area contributed by atoms with E-state index in [1.165, 1.54) is 0 Å². The molecule has 1 saturated carbocycles. The summed E-state index contributed by atoms with van der Waals surface area (Å²) in [6.45, 7) is 1.67. The lowest BCUT2D eigenvalue weighted by Crippen LogP contribution is -2.42. The van der Waals surface area contributed by atoms with E-state index in [0.717, 1.165) is 52.8 Å². The third-order valence-electron chi connectivity index (χ3n) is 5.35. The smallest absolute Gasteiger partial charge is 0.230 e. The lowest BCUT2D eigenvalue weighted by atomic mass is 9.77. The van der Waals surface area contributed by atoms with Gasteiger partial charge in [0.25, 0.3) is 0 Å². The fourth-order valence-electron chi connectivity index (χ4n) is 3.92. The van der Waals surface area contributed by atoms with Crippen LogP contribution in [0.2, 0.25) is 0 Å². The van der Waals surface area contributed by atoms with Gasteiger partial charge in [0, 0.05) is 11.0 Å². The number of carbonyl (C=O) groups is 1. The molecule has 2 aliphatic rings. The first kappa shape index (κ1) is 17.4. The molecule has 5 heteroatoms. The fraction of sp³-hybridized carbons (Fsp3) is 0.381. The summed E-state index contributed by atoms with van der Waals surface area (Å²) in [7, 11) is 0. The molecule has 1 N–H and O–H groups in total. The van der Waals surface area contributed by atoms with Crippen molar-refractivity contribution < 1.29 is 14.3 Å². The lowest BCUT2D eigenvalue weighted by molar-refractivity contribution is -0.126. The summed E-state index contributed by atoms with van der Waals surface area (Å²) in [5.74, 6) is 1.62. The van der Waals surface area contributed by atoms with E-state index in [4.69, 9.17) is 9.47 Å². The van der Waals surface area contributed by atoms with Crippen LogP contribution in [0.1, 0.15) is 36.8 Å². The molecule has 0 bridgehead atoms. The zero-order valence-corrected chi connectivity index (χ0v) is 16.2. The van der Waals surface area contributed by atoms with Crippen molar-refractivity contribution in [2.45, 2.75) is 37.6 Å². The number of fused-ring (bicyclic) bond motifs is 1. The van der Waals surface area contributed by atoms with Crippen molar-refractivity contribution in [2.75, 3.05) is 13.2 Å². The summed E-state index contributed by atoms with van der Waals surface area (Å²) in [5.41, 5.74) is 1.66. The normalized spacial score (nSPS) is 17.7. The highest BCUT2D eigenvalue weighted by Gasteiger charge is 2.43. The van der Waals surface area contributed by atoms with Gasteiger partial charge in [-0.3, -0.25) is 4.79 Å². The van der Waals surface area contributed by atoms with Gasteiger partial charge in [0.15, 0.2) is 11.5 Å². The number of benzene rings is 2. The summed E-state index contributed by atoms with van der Waals surface area (Å²) in [6.07, 6.45) is 3.89. The van der Waals surface area contributed by atoms with Crippen molar-refractivity contribution in [3.8, 4) is 11.5 Å². The topological polar surface area (TPSA) is 47.6 Å². The van der Waals surface area contributed by atoms with Crippen molar-refractivity contribution in [3.63, 3.8) is 0 Å². The predicted molar refractivity (Wildman–Crippen MR) is 104 cm³/mol. The summed E-state index contributed by atoms with van der Waals surface area (Å²) in [5, 5.41) is 3.15. The maximum Gasteiger partial charge on any atom is 0.230 e. The van der Waals surface area contributed by atoms with Crippen LogP contribution in [-0.2, 0) is 16.8 Å². The van der Waals surface area contributed by atoms with Gasteiger partial charge < -0.3 is 14.8 Å². The Balaban J connectivity index is 1.56. The minimum absolute atomic E-state index is 0.106. The second-order valence-electron chi connectivity index (χ2n) is 6.96. The molecular formula is C21H22BrNO3. The van der Waals surface area contributed by atoms with Gasteiger partial charge in [-0.15, -0.1) is 0 Å². The Labute approximate surface area is 162 Å². The molecule has 2 aromatic carbocycles. The maximum atomic E-state index is 13.2. The maximum absolute atomic E-state index is 13.2. The Bertz CT molecular complexity index is 797. The molecule has 4 rings (SSSR count). The van der Waals surface area contributed by atoms with Crippen molar-refractivity contribution >= 4 is 21.8 Å². The molecule has 2 aromatic rings. The monoisotopic (exact) mass is 415 g/mol. The van der Waals surface area contributed by atoms with E-state index >= 15 is 0 Å². The van der Waals surface area contributed by atoms with E-state index in [-0.39, 0.29) is 5.91 Å². The Morgan fingerprint density at radius 3 is 2.42 bits per heavy atom. The molecular weight excluding hydrogens is 394 g/mol. The highest BCUT2D eigenvalue weighted by atomic mass is 79.9. The molecule has 0 radical (unpaired) electrons. The fourth-order valence-corrected chi connectivity index (χ4v) is 4.18. The molecule has 136 valence electrons. The van der Waals surface area contributed by atoms with Crippen molar-refractivity contribution in [2.24, 2.45) is 0 Å². The number of nitrogens with one attached hydrogen (secondary N) is 1. The second-order valence-corrected chi connectivity index (χ2v) is 7.87. The van der Waals surface area contributed by atoms with Crippen molar-refractivity contribution in [1.82, 2.24) is 5.32 Å². The minimum Gasteiger partial charge on any atom is -0.486 e. The Morgan fingerprint density at radius 1 is 1.00 bits per heavy atom. The molecule has 1 fully saturated rings. The van der Waals surface area contributed by atoms with Crippen molar-refractivity contribution in [3.05, 3.63) is 58.1 Å². The summed E-state index contributed by atoms with van der Waals surface area (Å²) >= 11 is 3.44. The average molecular weight is 416 g/mol. The predicted octanol–water partition coefficient (Wildman–Crippen LogP) is 4.35. The first-order valence-electron chi connectivity index (χ1n) is 9.10. The highest BCUT2D eigenvalue weighted by molar-refractivity contribution is 9.10. The average Bonchev–Trinajstić information content (AvgIpc) is 3.18. The van der Waals surface area contributed by atoms with E-state index in [1.54, 1.807) is 0 Å². The standard InChI is InChI=1S/C21H22BrNO3/c22-17-6-3-15(4-7-17)14-23-20(24)21(9-1-2-10-21)16-5-8-18-19(13-16)26-12-11-25-18/h3-8,13H,1-2,9-12,14H2,(H,23,24). The van der Waals surface area contributed by atoms with Crippen LogP contribution in [0.25, 0.3) is 0 Å². The van der Waals surface area contributed by atoms with Crippen LogP contribution in [0.5, 0.6) is 11.5 Å². The summed E-state index contributed by atoms with van der Waals surface area (Å²) in [6, 6.07) is 14.0. The van der Waals surface area contributed by atoms with Gasteiger partial charge in [-0.1, -0.05) is 47.0 Å². The van der Waals surface area contributed by atoms with Crippen LogP contribution in [-0.4, -0.2) is 19.1 Å². The zero-order chi connectivity index (χ0) is 18.0. The van der Waals surface area contributed by atoms with E-state index in [2.05, 4.69) is 21.2 Å². The number of carbonyl (C=O) groups excluding carboxylic acids is 1. The minimum atomic E-state index is -0.467. The van der Waals surface area contributed by atoms with E-state index in [0.29, 0.717) is 19.8 Å². The molecule has 0 atom stereocenters. The third kappa shape index (κ3) is 3.32. The molecule has 0 saturated heterocycles. The van der Waals surface area contributed by atoms with Gasteiger partial charge in [-0.25, -0.2) is 0 Å². The molecule has 0 aromatic heterocycles. The van der Waals surface area contributed by atoms with Gasteiger partial charge in [0.1, 0.15) is 13.2 Å². The lowest BCUT2D eigenvalue weighted by Gasteiger charge is -2.30. The van der Waals surface area contributed by atoms with Crippen LogP contribution in [0.3, 0.4) is 0 Å². The summed E-state index contributed by atoms with van der Waals surface area (Å²) < 4.78 is 12.4. The second kappa shape index (κ2) is 7.31. The number of hydrogen-bond donors (Lipinski definition) is 1.